The minimum absolute atomic E-state index is 0. The van der Waals surface area contributed by atoms with Crippen molar-refractivity contribution in [3.05, 3.63) is 107 Å². The topological polar surface area (TPSA) is 163 Å². The lowest BCUT2D eigenvalue weighted by Gasteiger charge is -2.17. The SMILES string of the molecule is C.CCC(=O)c1ncccc1COc1cnc(OC)cc1C1OCCO1.COc1cc(C2OCCO2)c(OCc2cccnc2C(=O)/C(C)=C/N(C)C)cn1. The van der Waals surface area contributed by atoms with Crippen molar-refractivity contribution in [3.8, 4) is 23.3 Å². The van der Waals surface area contributed by atoms with Gasteiger partial charge in [0.15, 0.2) is 18.4 Å². The van der Waals surface area contributed by atoms with Crippen LogP contribution in [0.1, 0.15) is 83.5 Å². The van der Waals surface area contributed by atoms with Gasteiger partial charge in [-0.25, -0.2) is 9.97 Å². The van der Waals surface area contributed by atoms with Crippen molar-refractivity contribution in [2.75, 3.05) is 54.7 Å². The van der Waals surface area contributed by atoms with Gasteiger partial charge in [0.25, 0.3) is 0 Å². The van der Waals surface area contributed by atoms with Crippen LogP contribution < -0.4 is 18.9 Å². The van der Waals surface area contributed by atoms with Gasteiger partial charge in [0.1, 0.15) is 36.1 Å². The Morgan fingerprint density at radius 3 is 1.65 bits per heavy atom. The Hall–Kier alpha value is -5.48. The number of methoxy groups -OCH3 is 2. The highest BCUT2D eigenvalue weighted by Crippen LogP contribution is 2.35. The summed E-state index contributed by atoms with van der Waals surface area (Å²) in [5.41, 5.74) is 4.19. The lowest BCUT2D eigenvalue weighted by atomic mass is 10.1. The lowest BCUT2D eigenvalue weighted by molar-refractivity contribution is -0.0463. The molecule has 0 atom stereocenters. The molecular weight excluding hydrogens is 710 g/mol. The fraction of sp³-hybridized carbons (Fsp3) is 0.400. The number of rotatable bonds is 15. The van der Waals surface area contributed by atoms with E-state index in [9.17, 15) is 9.59 Å². The molecule has 0 spiro atoms. The highest BCUT2D eigenvalue weighted by Gasteiger charge is 2.26. The molecule has 0 aliphatic carbocycles. The fourth-order valence-corrected chi connectivity index (χ4v) is 5.46. The number of ether oxygens (including phenoxy) is 8. The third-order valence-corrected chi connectivity index (χ3v) is 8.07. The molecule has 2 aliphatic rings. The second-order valence-electron chi connectivity index (χ2n) is 12.2. The van der Waals surface area contributed by atoms with Crippen molar-refractivity contribution in [2.45, 2.75) is 53.5 Å². The van der Waals surface area contributed by atoms with Crippen molar-refractivity contribution in [2.24, 2.45) is 0 Å². The Morgan fingerprint density at radius 2 is 1.22 bits per heavy atom. The van der Waals surface area contributed by atoms with Gasteiger partial charge in [-0.15, -0.1) is 0 Å². The Bertz CT molecular complexity index is 1910. The molecule has 0 N–H and O–H groups in total. The molecule has 15 nitrogen and oxygen atoms in total. The average molecular weight is 760 g/mol. The van der Waals surface area contributed by atoms with Crippen LogP contribution in [-0.4, -0.2) is 91.1 Å². The minimum Gasteiger partial charge on any atom is -0.487 e. The van der Waals surface area contributed by atoms with Crippen molar-refractivity contribution >= 4 is 11.6 Å². The molecular formula is C40H49N5O10. The Labute approximate surface area is 321 Å². The first-order valence-electron chi connectivity index (χ1n) is 17.3. The zero-order valence-electron chi connectivity index (χ0n) is 31.3. The number of ketones is 2. The third kappa shape index (κ3) is 11.3. The summed E-state index contributed by atoms with van der Waals surface area (Å²) in [6.07, 6.45) is 7.43. The highest BCUT2D eigenvalue weighted by molar-refractivity contribution is 6.07. The number of carbonyl (C=O) groups excluding carboxylic acids is 2. The predicted molar refractivity (Wildman–Crippen MR) is 201 cm³/mol. The number of carbonyl (C=O) groups is 2. The van der Waals surface area contributed by atoms with E-state index in [-0.39, 0.29) is 32.2 Å². The molecule has 4 aromatic rings. The van der Waals surface area contributed by atoms with E-state index >= 15 is 0 Å². The molecule has 4 aromatic heterocycles. The normalized spacial score (nSPS) is 14.3. The molecule has 2 fully saturated rings. The Morgan fingerprint density at radius 1 is 0.764 bits per heavy atom. The van der Waals surface area contributed by atoms with Crippen molar-refractivity contribution < 1.29 is 47.5 Å². The summed E-state index contributed by atoms with van der Waals surface area (Å²) in [6.45, 7) is 5.98. The number of aromatic nitrogens is 4. The molecule has 0 unspecified atom stereocenters. The van der Waals surface area contributed by atoms with Gasteiger partial charge in [-0.3, -0.25) is 19.6 Å². The number of hydrogen-bond donors (Lipinski definition) is 0. The standard InChI is InChI=1S/C21H25N3O5.C18H20N2O5.CH4/c1-14(12-24(2)3)20(25)19-15(6-5-7-22-19)13-29-17-11-23-18(26-4)10-16(17)21-27-8-9-28-21;1-3-14(21)17-12(5-4-6-19-17)11-25-15-10-20-16(22-2)9-13(15)18-23-7-8-24-18;/h5-7,10-12,21H,8-9,13H2,1-4H3;4-6,9-10,18H,3,7-8,11H2,1-2H3;1H4/b14-12+;;. The second-order valence-corrected chi connectivity index (χ2v) is 12.2. The van der Waals surface area contributed by atoms with E-state index in [0.717, 1.165) is 5.56 Å². The number of nitrogens with zero attached hydrogens (tertiary/aromatic N) is 5. The number of allylic oxidation sites excluding steroid dienone is 1. The van der Waals surface area contributed by atoms with Crippen LogP contribution in [0.5, 0.6) is 23.3 Å². The smallest absolute Gasteiger partial charge is 0.213 e. The Balaban J connectivity index is 0.000000243. The van der Waals surface area contributed by atoms with Gasteiger partial charge < -0.3 is 42.8 Å². The maximum absolute atomic E-state index is 12.8. The summed E-state index contributed by atoms with van der Waals surface area (Å²) in [4.78, 5) is 43.5. The second kappa shape index (κ2) is 20.8. The monoisotopic (exact) mass is 759 g/mol. The first kappa shape index (κ1) is 42.3. The molecule has 0 radical (unpaired) electrons. The van der Waals surface area contributed by atoms with Gasteiger partial charge in [0.2, 0.25) is 17.5 Å². The van der Waals surface area contributed by atoms with Crippen LogP contribution in [0.4, 0.5) is 0 Å². The van der Waals surface area contributed by atoms with Gasteiger partial charge in [0, 0.05) is 67.9 Å². The summed E-state index contributed by atoms with van der Waals surface area (Å²) >= 11 is 0. The van der Waals surface area contributed by atoms with Crippen LogP contribution in [0.3, 0.4) is 0 Å². The van der Waals surface area contributed by atoms with Crippen LogP contribution in [-0.2, 0) is 32.2 Å². The fourth-order valence-electron chi connectivity index (χ4n) is 5.46. The summed E-state index contributed by atoms with van der Waals surface area (Å²) in [5.74, 6) is 1.74. The van der Waals surface area contributed by atoms with Crippen LogP contribution >= 0.6 is 0 Å². The summed E-state index contributed by atoms with van der Waals surface area (Å²) in [5, 5.41) is 0. The van der Waals surface area contributed by atoms with E-state index in [1.807, 2.05) is 38.1 Å². The van der Waals surface area contributed by atoms with E-state index < -0.39 is 12.6 Å². The maximum Gasteiger partial charge on any atom is 0.213 e. The molecule has 2 saturated heterocycles. The van der Waals surface area contributed by atoms with Crippen molar-refractivity contribution in [1.29, 1.82) is 0 Å². The third-order valence-electron chi connectivity index (χ3n) is 8.07. The van der Waals surface area contributed by atoms with Crippen molar-refractivity contribution in [3.63, 3.8) is 0 Å². The van der Waals surface area contributed by atoms with Gasteiger partial charge in [-0.1, -0.05) is 26.5 Å². The zero-order valence-corrected chi connectivity index (χ0v) is 31.3. The lowest BCUT2D eigenvalue weighted by Crippen LogP contribution is -2.13. The van der Waals surface area contributed by atoms with Crippen LogP contribution in [0.15, 0.2) is 73.0 Å². The van der Waals surface area contributed by atoms with Crippen LogP contribution in [0.25, 0.3) is 0 Å². The van der Waals surface area contributed by atoms with Crippen LogP contribution in [0, 0.1) is 0 Å². The Kier molecular flexibility index (Phi) is 16.0. The van der Waals surface area contributed by atoms with Crippen LogP contribution in [0.2, 0.25) is 0 Å². The van der Waals surface area contributed by atoms with Gasteiger partial charge in [-0.05, 0) is 19.1 Å². The molecule has 2 aliphatic heterocycles. The molecule has 6 rings (SSSR count). The van der Waals surface area contributed by atoms with E-state index in [2.05, 4.69) is 19.9 Å². The molecule has 15 heteroatoms. The summed E-state index contributed by atoms with van der Waals surface area (Å²) < 4.78 is 44.6. The van der Waals surface area contributed by atoms with Gasteiger partial charge >= 0.3 is 0 Å². The van der Waals surface area contributed by atoms with E-state index in [1.54, 1.807) is 76.4 Å². The van der Waals surface area contributed by atoms with E-state index in [0.29, 0.717) is 89.8 Å². The number of hydrogen-bond acceptors (Lipinski definition) is 15. The number of Topliss-reactive ketones (excluding diaryl/α,β-unsaturated/α-hetero) is 2. The maximum atomic E-state index is 12.8. The first-order chi connectivity index (χ1) is 26.2. The molecule has 0 amide bonds. The molecule has 294 valence electrons. The quantitative estimate of drug-likeness (QED) is 0.101. The highest BCUT2D eigenvalue weighted by atomic mass is 16.7. The first-order valence-corrected chi connectivity index (χ1v) is 17.3. The number of pyridine rings is 4. The molecule has 6 heterocycles. The molecule has 0 aromatic carbocycles. The molecule has 55 heavy (non-hydrogen) atoms. The molecule has 0 bridgehead atoms. The zero-order chi connectivity index (χ0) is 38.5. The summed E-state index contributed by atoms with van der Waals surface area (Å²) in [6, 6.07) is 10.7. The summed E-state index contributed by atoms with van der Waals surface area (Å²) in [7, 11) is 6.82. The molecule has 0 saturated carbocycles. The van der Waals surface area contributed by atoms with E-state index in [4.69, 9.17) is 37.9 Å². The predicted octanol–water partition coefficient (Wildman–Crippen LogP) is 6.10. The van der Waals surface area contributed by atoms with Crippen molar-refractivity contribution in [1.82, 2.24) is 24.8 Å². The largest absolute Gasteiger partial charge is 0.487 e. The van der Waals surface area contributed by atoms with Gasteiger partial charge in [0.05, 0.1) is 64.2 Å². The van der Waals surface area contributed by atoms with Gasteiger partial charge in [-0.2, -0.15) is 0 Å². The average Bonchev–Trinajstić information content (AvgIpc) is 3.95. The minimum atomic E-state index is -0.540. The van der Waals surface area contributed by atoms with E-state index in [1.165, 1.54) is 0 Å².